The lowest BCUT2D eigenvalue weighted by Gasteiger charge is -2.27. The molecule has 2 atom stereocenters. The summed E-state index contributed by atoms with van der Waals surface area (Å²) in [4.78, 5) is 25.4. The molecule has 3 rings (SSSR count). The number of rotatable bonds is 3. The van der Waals surface area contributed by atoms with Crippen molar-refractivity contribution in [2.45, 2.75) is 24.3 Å². The van der Waals surface area contributed by atoms with Gasteiger partial charge in [0, 0.05) is 5.75 Å². The van der Waals surface area contributed by atoms with Crippen molar-refractivity contribution < 1.29 is 19.8 Å². The Morgan fingerprint density at radius 3 is 2.55 bits per heavy atom. The van der Waals surface area contributed by atoms with Crippen LogP contribution in [0.5, 0.6) is 5.75 Å². The third kappa shape index (κ3) is 2.24. The second-order valence-corrected chi connectivity index (χ2v) is 6.29. The summed E-state index contributed by atoms with van der Waals surface area (Å²) < 4.78 is 0. The summed E-state index contributed by atoms with van der Waals surface area (Å²) in [6.45, 7) is 0. The van der Waals surface area contributed by atoms with Crippen LogP contribution < -0.4 is 0 Å². The van der Waals surface area contributed by atoms with Crippen LogP contribution in [0.4, 0.5) is 0 Å². The molecular formula is C14H15NO4S. The van der Waals surface area contributed by atoms with E-state index in [9.17, 15) is 19.8 Å². The summed E-state index contributed by atoms with van der Waals surface area (Å²) in [5.74, 6) is -0.676. The maximum atomic E-state index is 12.6. The predicted octanol–water partition coefficient (Wildman–Crippen LogP) is 1.77. The zero-order valence-electron chi connectivity index (χ0n) is 10.7. The van der Waals surface area contributed by atoms with Crippen LogP contribution in [0.1, 0.15) is 23.2 Å². The molecule has 1 saturated carbocycles. The number of carboxylic acid groups (broad SMARTS) is 1. The van der Waals surface area contributed by atoms with Crippen LogP contribution in [0, 0.1) is 5.92 Å². The number of benzene rings is 1. The van der Waals surface area contributed by atoms with Gasteiger partial charge in [-0.05, 0) is 30.9 Å². The van der Waals surface area contributed by atoms with Crippen LogP contribution in [0.25, 0.3) is 0 Å². The fourth-order valence-corrected chi connectivity index (χ4v) is 4.14. The molecule has 0 bridgehead atoms. The van der Waals surface area contributed by atoms with Gasteiger partial charge in [0.2, 0.25) is 0 Å². The minimum absolute atomic E-state index is 0.0804. The topological polar surface area (TPSA) is 77.8 Å². The van der Waals surface area contributed by atoms with Crippen molar-refractivity contribution in [3.8, 4) is 5.75 Å². The van der Waals surface area contributed by atoms with Crippen LogP contribution >= 0.6 is 11.8 Å². The van der Waals surface area contributed by atoms with Gasteiger partial charge in [0.05, 0.1) is 10.9 Å². The SMILES string of the molecule is O=C(O)C1CSC(C2CC2)N1C(=O)c1ccccc1O. The van der Waals surface area contributed by atoms with E-state index >= 15 is 0 Å². The van der Waals surface area contributed by atoms with Gasteiger partial charge in [-0.1, -0.05) is 12.1 Å². The molecule has 1 aliphatic carbocycles. The van der Waals surface area contributed by atoms with Crippen molar-refractivity contribution in [1.82, 2.24) is 4.90 Å². The molecule has 0 spiro atoms. The van der Waals surface area contributed by atoms with Gasteiger partial charge in [-0.3, -0.25) is 4.79 Å². The number of carbonyl (C=O) groups excluding carboxylic acids is 1. The van der Waals surface area contributed by atoms with E-state index in [1.54, 1.807) is 12.1 Å². The molecule has 2 N–H and O–H groups in total. The average Bonchev–Trinajstić information content (AvgIpc) is 3.17. The summed E-state index contributed by atoms with van der Waals surface area (Å²) in [6.07, 6.45) is 2.07. The van der Waals surface area contributed by atoms with E-state index in [1.807, 2.05) is 0 Å². The monoisotopic (exact) mass is 293 g/mol. The summed E-state index contributed by atoms with van der Waals surface area (Å²) in [5.41, 5.74) is 0.173. The normalized spacial score (nSPS) is 25.7. The van der Waals surface area contributed by atoms with Crippen molar-refractivity contribution in [1.29, 1.82) is 0 Å². The van der Waals surface area contributed by atoms with Gasteiger partial charge >= 0.3 is 5.97 Å². The van der Waals surface area contributed by atoms with E-state index in [0.29, 0.717) is 11.7 Å². The molecule has 106 valence electrons. The molecule has 2 fully saturated rings. The van der Waals surface area contributed by atoms with Crippen LogP contribution in [-0.4, -0.2) is 44.2 Å². The summed E-state index contributed by atoms with van der Waals surface area (Å²) in [7, 11) is 0. The van der Waals surface area contributed by atoms with Crippen LogP contribution in [0.3, 0.4) is 0 Å². The lowest BCUT2D eigenvalue weighted by atomic mass is 10.1. The van der Waals surface area contributed by atoms with Crippen LogP contribution in [0.2, 0.25) is 0 Å². The van der Waals surface area contributed by atoms with Crippen LogP contribution in [0.15, 0.2) is 24.3 Å². The maximum Gasteiger partial charge on any atom is 0.327 e. The Kier molecular flexibility index (Phi) is 3.33. The van der Waals surface area contributed by atoms with Crippen molar-refractivity contribution in [3.63, 3.8) is 0 Å². The molecule has 1 heterocycles. The molecule has 1 amide bonds. The Labute approximate surface area is 120 Å². The first-order valence-corrected chi connectivity index (χ1v) is 7.59. The average molecular weight is 293 g/mol. The lowest BCUT2D eigenvalue weighted by molar-refractivity contribution is -0.141. The predicted molar refractivity (Wildman–Crippen MR) is 74.7 cm³/mol. The Morgan fingerprint density at radius 1 is 1.25 bits per heavy atom. The Balaban J connectivity index is 1.93. The molecule has 1 aliphatic heterocycles. The summed E-state index contributed by atoms with van der Waals surface area (Å²) in [5, 5.41) is 19.0. The number of hydrogen-bond donors (Lipinski definition) is 2. The van der Waals surface area contributed by atoms with Gasteiger partial charge in [0.15, 0.2) is 0 Å². The van der Waals surface area contributed by atoms with E-state index < -0.39 is 17.9 Å². The number of hydrogen-bond acceptors (Lipinski definition) is 4. The van der Waals surface area contributed by atoms with Gasteiger partial charge < -0.3 is 15.1 Å². The highest BCUT2D eigenvalue weighted by Crippen LogP contribution is 2.46. The maximum absolute atomic E-state index is 12.6. The van der Waals surface area contributed by atoms with E-state index in [-0.39, 0.29) is 16.7 Å². The molecule has 1 aromatic carbocycles. The zero-order chi connectivity index (χ0) is 14.3. The number of para-hydroxylation sites is 1. The number of carbonyl (C=O) groups is 2. The van der Waals surface area contributed by atoms with E-state index in [0.717, 1.165) is 12.8 Å². The number of aliphatic carboxylic acids is 1. The number of phenols is 1. The molecule has 2 unspecified atom stereocenters. The van der Waals surface area contributed by atoms with E-state index in [2.05, 4.69) is 0 Å². The second kappa shape index (κ2) is 5.01. The Bertz CT molecular complexity index is 558. The molecule has 0 aromatic heterocycles. The number of carboxylic acids is 1. The highest BCUT2D eigenvalue weighted by molar-refractivity contribution is 8.00. The van der Waals surface area contributed by atoms with E-state index in [1.165, 1.54) is 28.8 Å². The molecule has 1 aromatic rings. The van der Waals surface area contributed by atoms with Crippen molar-refractivity contribution in [2.75, 3.05) is 5.75 Å². The Morgan fingerprint density at radius 2 is 1.95 bits per heavy atom. The molecule has 5 nitrogen and oxygen atoms in total. The van der Waals surface area contributed by atoms with Crippen molar-refractivity contribution in [2.24, 2.45) is 5.92 Å². The third-order valence-electron chi connectivity index (χ3n) is 3.71. The fraction of sp³-hybridized carbons (Fsp3) is 0.429. The first-order chi connectivity index (χ1) is 9.59. The lowest BCUT2D eigenvalue weighted by Crippen LogP contribution is -2.46. The van der Waals surface area contributed by atoms with Gasteiger partial charge in [0.1, 0.15) is 11.8 Å². The number of phenolic OH excluding ortho intramolecular Hbond substituents is 1. The molecule has 20 heavy (non-hydrogen) atoms. The molecule has 6 heteroatoms. The Hall–Kier alpha value is -1.69. The molecule has 0 radical (unpaired) electrons. The zero-order valence-corrected chi connectivity index (χ0v) is 11.5. The van der Waals surface area contributed by atoms with Gasteiger partial charge in [-0.2, -0.15) is 0 Å². The van der Waals surface area contributed by atoms with Gasteiger partial charge in [-0.25, -0.2) is 4.79 Å². The summed E-state index contributed by atoms with van der Waals surface area (Å²) >= 11 is 1.53. The first-order valence-electron chi connectivity index (χ1n) is 6.54. The minimum Gasteiger partial charge on any atom is -0.507 e. The van der Waals surface area contributed by atoms with E-state index in [4.69, 9.17) is 0 Å². The second-order valence-electron chi connectivity index (χ2n) is 5.14. The van der Waals surface area contributed by atoms with Gasteiger partial charge in [-0.15, -0.1) is 11.8 Å². The highest BCUT2D eigenvalue weighted by atomic mass is 32.2. The smallest absolute Gasteiger partial charge is 0.327 e. The van der Waals surface area contributed by atoms with Crippen molar-refractivity contribution >= 4 is 23.6 Å². The third-order valence-corrected chi connectivity index (χ3v) is 5.18. The standard InChI is InChI=1S/C14H15NO4S/c16-11-4-2-1-3-9(11)12(17)15-10(14(18)19)7-20-13(15)8-5-6-8/h1-4,8,10,13,16H,5-7H2,(H,18,19). The molecule has 2 aliphatic rings. The van der Waals surface area contributed by atoms with Crippen molar-refractivity contribution in [3.05, 3.63) is 29.8 Å². The number of thioether (sulfide) groups is 1. The molecule has 1 saturated heterocycles. The fourth-order valence-electron chi connectivity index (χ4n) is 2.51. The first kappa shape index (κ1) is 13.3. The summed E-state index contributed by atoms with van der Waals surface area (Å²) in [6, 6.07) is 5.47. The highest BCUT2D eigenvalue weighted by Gasteiger charge is 2.48. The molecular weight excluding hydrogens is 278 g/mol. The quantitative estimate of drug-likeness (QED) is 0.888. The number of nitrogens with zero attached hydrogens (tertiary/aromatic N) is 1. The largest absolute Gasteiger partial charge is 0.507 e. The number of aromatic hydroxyl groups is 1. The van der Waals surface area contributed by atoms with Crippen LogP contribution in [-0.2, 0) is 4.79 Å². The minimum atomic E-state index is -0.982. The number of amides is 1. The van der Waals surface area contributed by atoms with Gasteiger partial charge in [0.25, 0.3) is 5.91 Å².